The highest BCUT2D eigenvalue weighted by Crippen LogP contribution is 2.17. The minimum absolute atomic E-state index is 0.251. The van der Waals surface area contributed by atoms with Crippen molar-refractivity contribution in [2.75, 3.05) is 13.2 Å². The van der Waals surface area contributed by atoms with Gasteiger partial charge >= 0.3 is 0 Å². The van der Waals surface area contributed by atoms with Crippen molar-refractivity contribution in [3.8, 4) is 11.5 Å². The highest BCUT2D eigenvalue weighted by molar-refractivity contribution is 9.10. The van der Waals surface area contributed by atoms with Gasteiger partial charge in [-0.3, -0.25) is 0 Å². The lowest BCUT2D eigenvalue weighted by Crippen LogP contribution is -2.09. The molecule has 0 heterocycles. The summed E-state index contributed by atoms with van der Waals surface area (Å²) >= 11 is 3.32. The molecule has 5 heteroatoms. The predicted octanol–water partition coefficient (Wildman–Crippen LogP) is 4.19. The van der Waals surface area contributed by atoms with Crippen LogP contribution in [0.25, 0.3) is 0 Å². The second kappa shape index (κ2) is 6.52. The van der Waals surface area contributed by atoms with Crippen molar-refractivity contribution < 1.29 is 18.3 Å². The molecule has 2 nitrogen and oxygen atoms in total. The molecule has 0 saturated heterocycles. The molecule has 0 spiro atoms. The highest BCUT2D eigenvalue weighted by Gasteiger charge is 2.03. The maximum absolute atomic E-state index is 12.9. The summed E-state index contributed by atoms with van der Waals surface area (Å²) in [6.07, 6.45) is 0. The predicted molar refractivity (Wildman–Crippen MR) is 71.5 cm³/mol. The molecular weight excluding hydrogens is 318 g/mol. The molecule has 0 fully saturated rings. The molecular formula is C14H11BrF2O2. The third-order valence-electron chi connectivity index (χ3n) is 2.33. The molecule has 0 unspecified atom stereocenters. The molecule has 0 amide bonds. The average Bonchev–Trinajstić information content (AvgIpc) is 2.41. The van der Waals surface area contributed by atoms with E-state index in [1.165, 1.54) is 6.07 Å². The van der Waals surface area contributed by atoms with Crippen molar-refractivity contribution in [2.45, 2.75) is 0 Å². The first-order valence-corrected chi connectivity index (χ1v) is 6.40. The molecule has 19 heavy (non-hydrogen) atoms. The Kier molecular flexibility index (Phi) is 4.74. The molecule has 2 rings (SSSR count). The van der Waals surface area contributed by atoms with Crippen molar-refractivity contribution in [1.29, 1.82) is 0 Å². The van der Waals surface area contributed by atoms with Gasteiger partial charge in [0, 0.05) is 10.5 Å². The number of rotatable bonds is 5. The molecule has 0 aliphatic carbocycles. The average molecular weight is 329 g/mol. The zero-order chi connectivity index (χ0) is 13.7. The highest BCUT2D eigenvalue weighted by atomic mass is 79.9. The smallest absolute Gasteiger partial charge is 0.162 e. The molecule has 0 aliphatic rings. The Morgan fingerprint density at radius 2 is 1.37 bits per heavy atom. The van der Waals surface area contributed by atoms with E-state index >= 15 is 0 Å². The number of hydrogen-bond acceptors (Lipinski definition) is 2. The number of benzene rings is 2. The van der Waals surface area contributed by atoms with Crippen LogP contribution in [0, 0.1) is 11.6 Å². The van der Waals surface area contributed by atoms with E-state index in [0.29, 0.717) is 6.61 Å². The first-order valence-electron chi connectivity index (χ1n) is 5.61. The lowest BCUT2D eigenvalue weighted by Gasteiger charge is -2.08. The van der Waals surface area contributed by atoms with Crippen LogP contribution in [0.1, 0.15) is 0 Å². The van der Waals surface area contributed by atoms with Crippen LogP contribution in [0.2, 0.25) is 0 Å². The quantitative estimate of drug-likeness (QED) is 0.766. The number of ether oxygens (including phenoxy) is 2. The summed E-state index contributed by atoms with van der Waals surface area (Å²) in [6.45, 7) is 0.571. The summed E-state index contributed by atoms with van der Waals surface area (Å²) < 4.78 is 37.2. The summed E-state index contributed by atoms with van der Waals surface area (Å²) in [5.74, 6) is -0.819. The minimum atomic E-state index is -0.925. The Morgan fingerprint density at radius 3 is 2.00 bits per heavy atom. The summed E-state index contributed by atoms with van der Waals surface area (Å²) in [5.41, 5.74) is 0. The van der Waals surface area contributed by atoms with Crippen LogP contribution >= 0.6 is 15.9 Å². The normalized spacial score (nSPS) is 10.3. The molecule has 0 N–H and O–H groups in total. The second-order valence-electron chi connectivity index (χ2n) is 3.73. The third-order valence-corrected chi connectivity index (χ3v) is 2.85. The SMILES string of the molecule is Fc1ccc(OCCOc2ccc(Br)cc2)cc1F. The Morgan fingerprint density at radius 1 is 0.789 bits per heavy atom. The molecule has 0 bridgehead atoms. The fourth-order valence-electron chi connectivity index (χ4n) is 1.42. The van der Waals surface area contributed by atoms with Gasteiger partial charge in [0.1, 0.15) is 24.7 Å². The molecule has 0 saturated carbocycles. The largest absolute Gasteiger partial charge is 0.490 e. The van der Waals surface area contributed by atoms with Gasteiger partial charge in [-0.05, 0) is 36.4 Å². The first-order chi connectivity index (χ1) is 9.15. The maximum atomic E-state index is 12.9. The van der Waals surface area contributed by atoms with Crippen LogP contribution < -0.4 is 9.47 Å². The summed E-state index contributed by atoms with van der Waals surface area (Å²) in [4.78, 5) is 0. The first kappa shape index (κ1) is 13.8. The zero-order valence-electron chi connectivity index (χ0n) is 9.91. The van der Waals surface area contributed by atoms with Crippen molar-refractivity contribution in [3.63, 3.8) is 0 Å². The van der Waals surface area contributed by atoms with Gasteiger partial charge in [-0.1, -0.05) is 15.9 Å². The zero-order valence-corrected chi connectivity index (χ0v) is 11.5. The van der Waals surface area contributed by atoms with Gasteiger partial charge in [0.2, 0.25) is 0 Å². The van der Waals surface area contributed by atoms with E-state index in [4.69, 9.17) is 9.47 Å². The van der Waals surface area contributed by atoms with Gasteiger partial charge in [0.05, 0.1) is 0 Å². The molecule has 0 radical (unpaired) electrons. The van der Waals surface area contributed by atoms with Crippen molar-refractivity contribution in [1.82, 2.24) is 0 Å². The molecule has 2 aromatic carbocycles. The maximum Gasteiger partial charge on any atom is 0.162 e. The van der Waals surface area contributed by atoms with E-state index in [0.717, 1.165) is 22.4 Å². The van der Waals surface area contributed by atoms with Crippen LogP contribution in [0.5, 0.6) is 11.5 Å². The topological polar surface area (TPSA) is 18.5 Å². The van der Waals surface area contributed by atoms with Gasteiger partial charge in [0.25, 0.3) is 0 Å². The van der Waals surface area contributed by atoms with Crippen LogP contribution in [0.4, 0.5) is 8.78 Å². The molecule has 0 aromatic heterocycles. The fourth-order valence-corrected chi connectivity index (χ4v) is 1.68. The van der Waals surface area contributed by atoms with Crippen molar-refractivity contribution >= 4 is 15.9 Å². The van der Waals surface area contributed by atoms with E-state index < -0.39 is 11.6 Å². The molecule has 100 valence electrons. The summed E-state index contributed by atoms with van der Waals surface area (Å²) in [7, 11) is 0. The van der Waals surface area contributed by atoms with Gasteiger partial charge in [-0.15, -0.1) is 0 Å². The lowest BCUT2D eigenvalue weighted by molar-refractivity contribution is 0.216. The standard InChI is InChI=1S/C14H11BrF2O2/c15-10-1-3-11(4-2-10)18-7-8-19-12-5-6-13(16)14(17)9-12/h1-6,9H,7-8H2. The van der Waals surface area contributed by atoms with Crippen LogP contribution in [-0.4, -0.2) is 13.2 Å². The monoisotopic (exact) mass is 328 g/mol. The van der Waals surface area contributed by atoms with Crippen LogP contribution in [0.3, 0.4) is 0 Å². The van der Waals surface area contributed by atoms with Gasteiger partial charge < -0.3 is 9.47 Å². The van der Waals surface area contributed by atoms with E-state index in [1.807, 2.05) is 24.3 Å². The Hall–Kier alpha value is -1.62. The third kappa shape index (κ3) is 4.21. The molecule has 2 aromatic rings. The van der Waals surface area contributed by atoms with Crippen molar-refractivity contribution in [2.24, 2.45) is 0 Å². The number of hydrogen-bond donors (Lipinski definition) is 0. The summed E-state index contributed by atoms with van der Waals surface area (Å²) in [5, 5.41) is 0. The van der Waals surface area contributed by atoms with E-state index in [9.17, 15) is 8.78 Å². The van der Waals surface area contributed by atoms with E-state index in [1.54, 1.807) is 0 Å². The summed E-state index contributed by atoms with van der Waals surface area (Å²) in [6, 6.07) is 10.8. The Labute approximate surface area is 118 Å². The Bertz CT molecular complexity index is 544. The second-order valence-corrected chi connectivity index (χ2v) is 4.64. The van der Waals surface area contributed by atoms with Crippen LogP contribution in [0.15, 0.2) is 46.9 Å². The lowest BCUT2D eigenvalue weighted by atomic mass is 10.3. The fraction of sp³-hybridized carbons (Fsp3) is 0.143. The van der Waals surface area contributed by atoms with Gasteiger partial charge in [-0.2, -0.15) is 0 Å². The minimum Gasteiger partial charge on any atom is -0.490 e. The van der Waals surface area contributed by atoms with Crippen LogP contribution in [-0.2, 0) is 0 Å². The molecule has 0 aliphatic heterocycles. The van der Waals surface area contributed by atoms with Crippen molar-refractivity contribution in [3.05, 3.63) is 58.6 Å². The molecule has 0 atom stereocenters. The van der Waals surface area contributed by atoms with Gasteiger partial charge in [0.15, 0.2) is 11.6 Å². The van der Waals surface area contributed by atoms with E-state index in [-0.39, 0.29) is 12.4 Å². The van der Waals surface area contributed by atoms with E-state index in [2.05, 4.69) is 15.9 Å². The van der Waals surface area contributed by atoms with Gasteiger partial charge in [-0.25, -0.2) is 8.78 Å². The number of halogens is 3. The Balaban J connectivity index is 1.77.